The molecule has 1 aromatic heterocycles. The zero-order valence-electron chi connectivity index (χ0n) is 6.20. The highest BCUT2D eigenvalue weighted by Crippen LogP contribution is 2.27. The maximum atomic E-state index is 12.8. The van der Waals surface area contributed by atoms with Crippen molar-refractivity contribution in [3.8, 4) is 5.88 Å². The Kier molecular flexibility index (Phi) is 3.56. The van der Waals surface area contributed by atoms with Gasteiger partial charge < -0.3 is 4.74 Å². The van der Waals surface area contributed by atoms with Crippen molar-refractivity contribution in [2.24, 2.45) is 0 Å². The van der Waals surface area contributed by atoms with Crippen LogP contribution in [0.3, 0.4) is 0 Å². The predicted octanol–water partition coefficient (Wildman–Crippen LogP) is 3.49. The first-order valence-electron chi connectivity index (χ1n) is 3.07. The molecular weight excluding hydrogens is 385 g/mol. The van der Waals surface area contributed by atoms with E-state index in [1.165, 1.54) is 0 Å². The van der Waals surface area contributed by atoms with Gasteiger partial charge >= 0.3 is 6.36 Å². The van der Waals surface area contributed by atoms with Crippen molar-refractivity contribution >= 4 is 38.5 Å². The highest BCUT2D eigenvalue weighted by Gasteiger charge is 2.32. The molecule has 1 heterocycles. The Labute approximate surface area is 97.9 Å². The number of hydrogen-bond donors (Lipinski definition) is 0. The molecule has 0 spiro atoms. The van der Waals surface area contributed by atoms with Crippen molar-refractivity contribution < 1.29 is 22.3 Å². The highest BCUT2D eigenvalue weighted by molar-refractivity contribution is 14.1. The second-order valence-electron chi connectivity index (χ2n) is 2.09. The number of nitrogens with zero attached hydrogens (tertiary/aromatic N) is 1. The van der Waals surface area contributed by atoms with Crippen LogP contribution >= 0.6 is 38.5 Å². The highest BCUT2D eigenvalue weighted by atomic mass is 127. The molecule has 0 bridgehead atoms. The molecule has 0 aliphatic rings. The summed E-state index contributed by atoms with van der Waals surface area (Å²) in [6, 6.07) is 0.943. The van der Waals surface area contributed by atoms with Gasteiger partial charge in [-0.25, -0.2) is 0 Å². The van der Waals surface area contributed by atoms with Crippen molar-refractivity contribution in [2.75, 3.05) is 0 Å². The summed E-state index contributed by atoms with van der Waals surface area (Å²) < 4.78 is 51.6. The lowest BCUT2D eigenvalue weighted by molar-refractivity contribution is -0.276. The summed E-state index contributed by atoms with van der Waals surface area (Å²) in [4.78, 5) is 2.97. The molecular formula is C6HBrF4INO. The fraction of sp³-hybridized carbons (Fsp3) is 0.167. The van der Waals surface area contributed by atoms with Gasteiger partial charge in [0.15, 0.2) is 0 Å². The van der Waals surface area contributed by atoms with Crippen LogP contribution in [0.25, 0.3) is 0 Å². The summed E-state index contributed by atoms with van der Waals surface area (Å²) in [5.41, 5.74) is 0. The second-order valence-corrected chi connectivity index (χ2v) is 4.03. The van der Waals surface area contributed by atoms with Gasteiger partial charge in [0, 0.05) is 10.5 Å². The normalized spacial score (nSPS) is 11.6. The first-order chi connectivity index (χ1) is 6.29. The number of pyridine rings is 1. The molecule has 8 heteroatoms. The van der Waals surface area contributed by atoms with E-state index in [1.54, 1.807) is 22.6 Å². The van der Waals surface area contributed by atoms with Gasteiger partial charge in [0.05, 0.1) is 3.57 Å². The molecule has 0 saturated carbocycles. The second kappa shape index (κ2) is 4.17. The van der Waals surface area contributed by atoms with E-state index in [9.17, 15) is 17.6 Å². The molecule has 0 atom stereocenters. The molecule has 0 N–H and O–H groups in total. The molecule has 0 radical (unpaired) electrons. The number of hydrogen-bond acceptors (Lipinski definition) is 2. The SMILES string of the molecule is Fc1nc(OC(F)(F)F)cc(Br)c1I. The van der Waals surface area contributed by atoms with Gasteiger partial charge in [0.25, 0.3) is 0 Å². The van der Waals surface area contributed by atoms with E-state index in [1.807, 2.05) is 0 Å². The van der Waals surface area contributed by atoms with E-state index in [2.05, 4.69) is 25.7 Å². The molecule has 0 fully saturated rings. The van der Waals surface area contributed by atoms with Gasteiger partial charge in [-0.1, -0.05) is 0 Å². The average Bonchev–Trinajstić information content (AvgIpc) is 1.96. The number of aromatic nitrogens is 1. The Morgan fingerprint density at radius 2 is 2.00 bits per heavy atom. The topological polar surface area (TPSA) is 22.1 Å². The summed E-state index contributed by atoms with van der Waals surface area (Å²) >= 11 is 4.47. The van der Waals surface area contributed by atoms with Crippen LogP contribution in [0.2, 0.25) is 0 Å². The minimum Gasteiger partial charge on any atom is -0.388 e. The fourth-order valence-corrected chi connectivity index (χ4v) is 1.25. The summed E-state index contributed by atoms with van der Waals surface area (Å²) in [7, 11) is 0. The van der Waals surface area contributed by atoms with E-state index in [-0.39, 0.29) is 8.04 Å². The quantitative estimate of drug-likeness (QED) is 0.419. The molecule has 1 aromatic rings. The lowest BCUT2D eigenvalue weighted by Gasteiger charge is -2.08. The van der Waals surface area contributed by atoms with Gasteiger partial charge in [-0.3, -0.25) is 0 Å². The van der Waals surface area contributed by atoms with Crippen molar-refractivity contribution in [3.63, 3.8) is 0 Å². The molecule has 0 aromatic carbocycles. The number of ether oxygens (including phenoxy) is 1. The van der Waals surface area contributed by atoms with E-state index >= 15 is 0 Å². The fourth-order valence-electron chi connectivity index (χ4n) is 0.619. The van der Waals surface area contributed by atoms with Crippen LogP contribution in [0.4, 0.5) is 17.6 Å². The minimum absolute atomic E-state index is 0.0946. The standard InChI is InChI=1S/C6HBrF4INO/c7-2-1-3(14-6(9,10)11)13-5(8)4(2)12/h1H. The van der Waals surface area contributed by atoms with Crippen LogP contribution in [0, 0.1) is 9.52 Å². The Bertz CT molecular complexity index is 333. The largest absolute Gasteiger partial charge is 0.574 e. The molecule has 0 amide bonds. The molecule has 78 valence electrons. The Morgan fingerprint density at radius 1 is 1.43 bits per heavy atom. The number of alkyl halides is 3. The third kappa shape index (κ3) is 3.23. The molecule has 0 unspecified atom stereocenters. The third-order valence-electron chi connectivity index (χ3n) is 1.07. The number of rotatable bonds is 1. The van der Waals surface area contributed by atoms with Gasteiger partial charge in [0.2, 0.25) is 11.8 Å². The first kappa shape index (κ1) is 12.0. The first-order valence-corrected chi connectivity index (χ1v) is 4.94. The molecule has 0 saturated heterocycles. The molecule has 0 aliphatic carbocycles. The van der Waals surface area contributed by atoms with Crippen LogP contribution in [-0.2, 0) is 0 Å². The Morgan fingerprint density at radius 3 is 2.43 bits per heavy atom. The van der Waals surface area contributed by atoms with Crippen molar-refractivity contribution in [3.05, 3.63) is 20.1 Å². The summed E-state index contributed by atoms with van der Waals surface area (Å²) in [6.07, 6.45) is -4.87. The van der Waals surface area contributed by atoms with Crippen molar-refractivity contribution in [1.29, 1.82) is 0 Å². The van der Waals surface area contributed by atoms with E-state index in [4.69, 9.17) is 0 Å². The Balaban J connectivity index is 3.02. The van der Waals surface area contributed by atoms with Crippen molar-refractivity contribution in [1.82, 2.24) is 4.98 Å². The van der Waals surface area contributed by atoms with Gasteiger partial charge in [-0.15, -0.1) is 13.2 Å². The van der Waals surface area contributed by atoms with Gasteiger partial charge in [-0.2, -0.15) is 9.37 Å². The lowest BCUT2D eigenvalue weighted by atomic mass is 10.5. The monoisotopic (exact) mass is 385 g/mol. The predicted molar refractivity (Wildman–Crippen MR) is 51.3 cm³/mol. The summed E-state index contributed by atoms with van der Waals surface area (Å²) in [5, 5.41) is 0. The van der Waals surface area contributed by atoms with E-state index < -0.39 is 18.2 Å². The maximum Gasteiger partial charge on any atom is 0.574 e. The third-order valence-corrected chi connectivity index (χ3v) is 3.46. The lowest BCUT2D eigenvalue weighted by Crippen LogP contribution is -2.18. The molecule has 14 heavy (non-hydrogen) atoms. The van der Waals surface area contributed by atoms with Gasteiger partial charge in [-0.05, 0) is 38.5 Å². The zero-order valence-corrected chi connectivity index (χ0v) is 9.94. The molecule has 1 rings (SSSR count). The summed E-state index contributed by atoms with van der Waals surface area (Å²) in [6.45, 7) is 0. The van der Waals surface area contributed by atoms with E-state index in [0.717, 1.165) is 6.07 Å². The minimum atomic E-state index is -4.87. The van der Waals surface area contributed by atoms with Gasteiger partial charge in [0.1, 0.15) is 0 Å². The number of halogens is 6. The van der Waals surface area contributed by atoms with Crippen LogP contribution in [0.1, 0.15) is 0 Å². The maximum absolute atomic E-state index is 12.8. The van der Waals surface area contributed by atoms with Crippen LogP contribution in [0.5, 0.6) is 5.88 Å². The molecule has 0 aliphatic heterocycles. The van der Waals surface area contributed by atoms with Crippen molar-refractivity contribution in [2.45, 2.75) is 6.36 Å². The van der Waals surface area contributed by atoms with Crippen LogP contribution in [-0.4, -0.2) is 11.3 Å². The summed E-state index contributed by atoms with van der Waals surface area (Å²) in [5.74, 6) is -1.85. The van der Waals surface area contributed by atoms with Crippen LogP contribution in [0.15, 0.2) is 10.5 Å². The Hall–Kier alpha value is -0.120. The zero-order chi connectivity index (χ0) is 10.9. The van der Waals surface area contributed by atoms with E-state index in [0.29, 0.717) is 0 Å². The molecule has 2 nitrogen and oxygen atoms in total. The smallest absolute Gasteiger partial charge is 0.388 e. The van der Waals surface area contributed by atoms with Crippen LogP contribution < -0.4 is 4.74 Å². The average molecular weight is 386 g/mol.